The molecule has 8 N–H and O–H groups in total. The molecule has 0 spiro atoms. The van der Waals surface area contributed by atoms with Crippen LogP contribution in [-0.4, -0.2) is 110 Å². The van der Waals surface area contributed by atoms with Gasteiger partial charge in [-0.25, -0.2) is 0 Å². The van der Waals surface area contributed by atoms with Crippen LogP contribution in [0.1, 0.15) is 34.1 Å². The van der Waals surface area contributed by atoms with Crippen LogP contribution >= 0.6 is 0 Å². The molecule has 0 aromatic heterocycles. The maximum atomic E-state index is 10.9. The van der Waals surface area contributed by atoms with Crippen LogP contribution in [0.15, 0.2) is 0 Å². The molecule has 10 atom stereocenters. The largest absolute Gasteiger partial charge is 0.394 e. The quantitative estimate of drug-likeness (QED) is 0.216. The smallest absolute Gasteiger partial charge is 0.217 e. The summed E-state index contributed by atoms with van der Waals surface area (Å²) in [5.41, 5.74) is 0. The molecule has 0 aliphatic carbocycles. The van der Waals surface area contributed by atoms with E-state index in [1.807, 2.05) is 6.92 Å². The van der Waals surface area contributed by atoms with Crippen molar-refractivity contribution in [3.05, 3.63) is 0 Å². The normalized spacial score (nSPS) is 41.3. The van der Waals surface area contributed by atoms with E-state index in [4.69, 9.17) is 14.6 Å². The maximum Gasteiger partial charge on any atom is 0.217 e. The number of rotatable bonds is 4. The Morgan fingerprint density at radius 3 is 1.73 bits per heavy atom. The molecule has 2 fully saturated rings. The fourth-order valence-electron chi connectivity index (χ4n) is 3.41. The first-order valence-corrected chi connectivity index (χ1v) is 9.80. The van der Waals surface area contributed by atoms with Gasteiger partial charge in [0.15, 0.2) is 6.29 Å². The molecule has 2 saturated heterocycles. The monoisotopic (exact) mass is 438 g/mol. The summed E-state index contributed by atoms with van der Waals surface area (Å²) in [6.45, 7) is 5.72. The van der Waals surface area contributed by atoms with Crippen molar-refractivity contribution >= 4 is 11.8 Å². The van der Waals surface area contributed by atoms with Gasteiger partial charge in [-0.3, -0.25) is 9.59 Å². The first-order valence-electron chi connectivity index (χ1n) is 9.80. The van der Waals surface area contributed by atoms with Crippen LogP contribution in [0.4, 0.5) is 0 Å². The van der Waals surface area contributed by atoms with Crippen molar-refractivity contribution in [2.75, 3.05) is 6.61 Å². The first kappa shape index (κ1) is 26.7. The minimum atomic E-state index is -1.45. The summed E-state index contributed by atoms with van der Waals surface area (Å²) in [5.74, 6) is -0.701. The van der Waals surface area contributed by atoms with Gasteiger partial charge < -0.3 is 50.7 Å². The SMILES string of the molecule is CC(=O)NC1C(O)OC(CO)C(O)C1O.CCC1OC(C)C(NC(C)=O)C(O)C1O. The highest BCUT2D eigenvalue weighted by molar-refractivity contribution is 5.73. The Morgan fingerprint density at radius 2 is 1.27 bits per heavy atom. The van der Waals surface area contributed by atoms with E-state index in [2.05, 4.69) is 10.6 Å². The number of nitrogens with one attached hydrogen (secondary N) is 2. The molecule has 2 amide bonds. The number of aliphatic hydroxyl groups excluding tert-OH is 6. The van der Waals surface area contributed by atoms with Crippen molar-refractivity contribution in [2.45, 2.75) is 95.2 Å². The molecule has 0 radical (unpaired) electrons. The van der Waals surface area contributed by atoms with Crippen molar-refractivity contribution in [1.29, 1.82) is 0 Å². The Kier molecular flexibility index (Phi) is 10.5. The number of amides is 2. The summed E-state index contributed by atoms with van der Waals surface area (Å²) < 4.78 is 10.3. The van der Waals surface area contributed by atoms with Crippen LogP contribution in [0.3, 0.4) is 0 Å². The average Bonchev–Trinajstić information content (AvgIpc) is 2.68. The van der Waals surface area contributed by atoms with Crippen molar-refractivity contribution in [1.82, 2.24) is 10.6 Å². The fourth-order valence-corrected chi connectivity index (χ4v) is 3.41. The van der Waals surface area contributed by atoms with Gasteiger partial charge in [-0.15, -0.1) is 0 Å². The second kappa shape index (κ2) is 11.9. The number of hydrogen-bond donors (Lipinski definition) is 8. The lowest BCUT2D eigenvalue weighted by Crippen LogP contribution is -2.63. The van der Waals surface area contributed by atoms with Crippen molar-refractivity contribution in [3.63, 3.8) is 0 Å². The number of hydrogen-bond acceptors (Lipinski definition) is 10. The standard InChI is InChI=1S/C10H19NO4.C8H15NO6/c1-4-7-9(13)10(14)8(5(2)15-7)11-6(3)12;1-3(11)9-5-7(13)6(12)4(2-10)15-8(5)14/h5,7-10,13-14H,4H2,1-3H3,(H,11,12);4-8,10,12-14H,2H2,1H3,(H,9,11). The molecule has 2 heterocycles. The molecule has 0 aromatic carbocycles. The minimum Gasteiger partial charge on any atom is -0.394 e. The summed E-state index contributed by atoms with van der Waals surface area (Å²) in [4.78, 5) is 21.6. The van der Waals surface area contributed by atoms with E-state index in [-0.39, 0.29) is 18.1 Å². The average molecular weight is 438 g/mol. The van der Waals surface area contributed by atoms with Gasteiger partial charge in [-0.05, 0) is 13.3 Å². The molecule has 0 saturated carbocycles. The highest BCUT2D eigenvalue weighted by atomic mass is 16.6. The number of ether oxygens (including phenoxy) is 2. The summed E-state index contributed by atoms with van der Waals surface area (Å²) in [6.07, 6.45) is -7.17. The zero-order valence-corrected chi connectivity index (χ0v) is 17.5. The van der Waals surface area contributed by atoms with Gasteiger partial charge in [-0.2, -0.15) is 0 Å². The third kappa shape index (κ3) is 6.82. The van der Waals surface area contributed by atoms with Gasteiger partial charge in [0.2, 0.25) is 11.8 Å². The molecule has 30 heavy (non-hydrogen) atoms. The fraction of sp³-hybridized carbons (Fsp3) is 0.889. The van der Waals surface area contributed by atoms with E-state index in [1.165, 1.54) is 13.8 Å². The zero-order valence-electron chi connectivity index (χ0n) is 17.5. The summed E-state index contributed by atoms with van der Waals surface area (Å²) in [6, 6.07) is -1.64. The lowest BCUT2D eigenvalue weighted by atomic mass is 9.92. The van der Waals surface area contributed by atoms with Crippen molar-refractivity contribution < 1.29 is 49.7 Å². The molecular weight excluding hydrogens is 404 g/mol. The predicted molar refractivity (Wildman–Crippen MR) is 102 cm³/mol. The minimum absolute atomic E-state index is 0.239. The van der Waals surface area contributed by atoms with Crippen molar-refractivity contribution in [3.8, 4) is 0 Å². The van der Waals surface area contributed by atoms with E-state index < -0.39 is 61.4 Å². The van der Waals surface area contributed by atoms with E-state index in [9.17, 15) is 35.1 Å². The van der Waals surface area contributed by atoms with Crippen LogP contribution in [0.2, 0.25) is 0 Å². The van der Waals surface area contributed by atoms with Crippen LogP contribution in [0.25, 0.3) is 0 Å². The summed E-state index contributed by atoms with van der Waals surface area (Å²) in [7, 11) is 0. The van der Waals surface area contributed by atoms with E-state index in [0.29, 0.717) is 6.42 Å². The second-order valence-electron chi connectivity index (χ2n) is 7.45. The topological polar surface area (TPSA) is 198 Å². The molecular formula is C18H34N2O10. The molecule has 176 valence electrons. The number of aliphatic hydroxyl groups is 6. The number of carbonyl (C=O) groups is 2. The Morgan fingerprint density at radius 1 is 0.800 bits per heavy atom. The molecule has 2 aliphatic rings. The van der Waals surface area contributed by atoms with Gasteiger partial charge >= 0.3 is 0 Å². The molecule has 0 bridgehead atoms. The van der Waals surface area contributed by atoms with E-state index in [1.54, 1.807) is 6.92 Å². The summed E-state index contributed by atoms with van der Waals surface area (Å²) in [5, 5.41) is 61.5. The molecule has 2 rings (SSSR count). The molecule has 2 aliphatic heterocycles. The highest BCUT2D eigenvalue weighted by Crippen LogP contribution is 2.23. The lowest BCUT2D eigenvalue weighted by Gasteiger charge is -2.41. The van der Waals surface area contributed by atoms with Gasteiger partial charge in [-0.1, -0.05) is 6.92 Å². The number of carbonyl (C=O) groups excluding carboxylic acids is 2. The third-order valence-corrected chi connectivity index (χ3v) is 5.04. The third-order valence-electron chi connectivity index (χ3n) is 5.04. The van der Waals surface area contributed by atoms with Crippen LogP contribution in [0.5, 0.6) is 0 Å². The Bertz CT molecular complexity index is 517. The Hall–Kier alpha value is -1.38. The lowest BCUT2D eigenvalue weighted by molar-refractivity contribution is -0.253. The summed E-state index contributed by atoms with van der Waals surface area (Å²) >= 11 is 0. The Labute approximate surface area is 174 Å². The molecule has 12 nitrogen and oxygen atoms in total. The maximum absolute atomic E-state index is 10.9. The van der Waals surface area contributed by atoms with Crippen LogP contribution < -0.4 is 10.6 Å². The van der Waals surface area contributed by atoms with Crippen LogP contribution in [0, 0.1) is 0 Å². The van der Waals surface area contributed by atoms with Gasteiger partial charge in [0.25, 0.3) is 0 Å². The van der Waals surface area contributed by atoms with Gasteiger partial charge in [0.1, 0.15) is 36.6 Å². The van der Waals surface area contributed by atoms with Crippen LogP contribution in [-0.2, 0) is 19.1 Å². The first-order chi connectivity index (χ1) is 13.9. The second-order valence-corrected chi connectivity index (χ2v) is 7.45. The zero-order chi connectivity index (χ0) is 23.2. The molecule has 10 unspecified atom stereocenters. The molecule has 0 aromatic rings. The van der Waals surface area contributed by atoms with Gasteiger partial charge in [0, 0.05) is 13.8 Å². The van der Waals surface area contributed by atoms with Crippen molar-refractivity contribution in [2.24, 2.45) is 0 Å². The van der Waals surface area contributed by atoms with Gasteiger partial charge in [0.05, 0.1) is 24.9 Å². The Balaban J connectivity index is 0.000000300. The van der Waals surface area contributed by atoms with E-state index >= 15 is 0 Å². The van der Waals surface area contributed by atoms with E-state index in [0.717, 1.165) is 0 Å². The predicted octanol–water partition coefficient (Wildman–Crippen LogP) is -3.67. The highest BCUT2D eigenvalue weighted by Gasteiger charge is 2.44. The molecule has 12 heteroatoms.